The number of ether oxygens (including phenoxy) is 1. The molecule has 0 amide bonds. The van der Waals surface area contributed by atoms with Gasteiger partial charge in [-0.05, 0) is 39.7 Å². The monoisotopic (exact) mass is 346 g/mol. The summed E-state index contributed by atoms with van der Waals surface area (Å²) in [6.07, 6.45) is 1.52. The quantitative estimate of drug-likeness (QED) is 0.894. The zero-order chi connectivity index (χ0) is 13.1. The van der Waals surface area contributed by atoms with Crippen LogP contribution in [-0.4, -0.2) is 4.98 Å². The van der Waals surface area contributed by atoms with Crippen LogP contribution in [0.15, 0.2) is 34.9 Å². The Labute approximate surface area is 123 Å². The molecule has 18 heavy (non-hydrogen) atoms. The van der Waals surface area contributed by atoms with Crippen molar-refractivity contribution in [1.82, 2.24) is 4.98 Å². The van der Waals surface area contributed by atoms with Crippen molar-refractivity contribution in [3.8, 4) is 11.6 Å². The van der Waals surface area contributed by atoms with Crippen LogP contribution in [0.2, 0.25) is 10.0 Å². The van der Waals surface area contributed by atoms with Crippen LogP contribution in [0.3, 0.4) is 0 Å². The highest BCUT2D eigenvalue weighted by molar-refractivity contribution is 9.10. The van der Waals surface area contributed by atoms with E-state index in [9.17, 15) is 0 Å². The van der Waals surface area contributed by atoms with Crippen molar-refractivity contribution >= 4 is 39.1 Å². The summed E-state index contributed by atoms with van der Waals surface area (Å²) in [7, 11) is 0. The van der Waals surface area contributed by atoms with Gasteiger partial charge < -0.3 is 10.5 Å². The number of pyridine rings is 1. The number of halogens is 3. The summed E-state index contributed by atoms with van der Waals surface area (Å²) in [5.74, 6) is 1.06. The van der Waals surface area contributed by atoms with Crippen LogP contribution in [0.4, 0.5) is 0 Å². The molecule has 1 aromatic carbocycles. The van der Waals surface area contributed by atoms with Gasteiger partial charge in [-0.25, -0.2) is 4.98 Å². The van der Waals surface area contributed by atoms with E-state index in [1.165, 1.54) is 6.20 Å². The molecule has 0 saturated carbocycles. The topological polar surface area (TPSA) is 48.1 Å². The Morgan fingerprint density at radius 3 is 2.72 bits per heavy atom. The molecule has 0 unspecified atom stereocenters. The van der Waals surface area contributed by atoms with Crippen LogP contribution >= 0.6 is 39.1 Å². The van der Waals surface area contributed by atoms with E-state index in [-0.39, 0.29) is 0 Å². The van der Waals surface area contributed by atoms with Crippen LogP contribution in [0.25, 0.3) is 0 Å². The van der Waals surface area contributed by atoms with Crippen LogP contribution in [0.5, 0.6) is 11.6 Å². The highest BCUT2D eigenvalue weighted by atomic mass is 79.9. The van der Waals surface area contributed by atoms with E-state index in [0.717, 1.165) is 10.0 Å². The molecule has 0 spiro atoms. The molecule has 2 N–H and O–H groups in total. The molecule has 0 radical (unpaired) electrons. The van der Waals surface area contributed by atoms with Crippen molar-refractivity contribution in [2.24, 2.45) is 5.73 Å². The first kappa shape index (κ1) is 13.6. The average Bonchev–Trinajstić information content (AvgIpc) is 2.35. The van der Waals surface area contributed by atoms with E-state index in [0.29, 0.717) is 28.2 Å². The third kappa shape index (κ3) is 3.14. The van der Waals surface area contributed by atoms with Crippen molar-refractivity contribution in [3.05, 3.63) is 50.5 Å². The molecule has 3 nitrogen and oxygen atoms in total. The van der Waals surface area contributed by atoms with E-state index >= 15 is 0 Å². The molecule has 0 atom stereocenters. The summed E-state index contributed by atoms with van der Waals surface area (Å²) < 4.78 is 6.38. The predicted octanol–water partition coefficient (Wildman–Crippen LogP) is 4.40. The maximum atomic E-state index is 5.93. The molecule has 1 heterocycles. The smallest absolute Gasteiger partial charge is 0.219 e. The van der Waals surface area contributed by atoms with Gasteiger partial charge in [0.2, 0.25) is 5.88 Å². The van der Waals surface area contributed by atoms with Crippen molar-refractivity contribution < 1.29 is 4.74 Å². The highest BCUT2D eigenvalue weighted by Gasteiger charge is 2.07. The van der Waals surface area contributed by atoms with Gasteiger partial charge in [0.25, 0.3) is 0 Å². The number of hydrogen-bond donors (Lipinski definition) is 1. The zero-order valence-electron chi connectivity index (χ0n) is 9.16. The Morgan fingerprint density at radius 2 is 2.06 bits per heavy atom. The molecule has 6 heteroatoms. The number of nitrogens with two attached hydrogens (primary N) is 1. The lowest BCUT2D eigenvalue weighted by molar-refractivity contribution is 0.459. The van der Waals surface area contributed by atoms with Gasteiger partial charge in [0.05, 0.1) is 9.50 Å². The van der Waals surface area contributed by atoms with Gasteiger partial charge in [-0.15, -0.1) is 0 Å². The fourth-order valence-corrected chi connectivity index (χ4v) is 2.29. The van der Waals surface area contributed by atoms with E-state index in [4.69, 9.17) is 33.7 Å². The van der Waals surface area contributed by atoms with Gasteiger partial charge in [0.1, 0.15) is 5.75 Å². The number of nitrogens with zero attached hydrogens (tertiary/aromatic N) is 1. The molecule has 0 aliphatic heterocycles. The Morgan fingerprint density at radius 1 is 1.28 bits per heavy atom. The van der Waals surface area contributed by atoms with Crippen LogP contribution in [0.1, 0.15) is 5.56 Å². The maximum absolute atomic E-state index is 5.93. The molecule has 0 aliphatic rings. The standard InChI is InChI=1S/C12H9BrCl2N2O/c13-9-4-8(14)1-2-11(9)18-12-3-7(5-16)10(15)6-17-12/h1-4,6H,5,16H2. The predicted molar refractivity (Wildman–Crippen MR) is 76.4 cm³/mol. The number of hydrogen-bond acceptors (Lipinski definition) is 3. The number of benzene rings is 1. The minimum atomic E-state index is 0.333. The Bertz CT molecular complexity index is 578. The van der Waals surface area contributed by atoms with Crippen LogP contribution < -0.4 is 10.5 Å². The Kier molecular flexibility index (Phi) is 4.45. The number of rotatable bonds is 3. The number of aromatic nitrogens is 1. The molecule has 2 rings (SSSR count). The van der Waals surface area contributed by atoms with Crippen molar-refractivity contribution in [2.45, 2.75) is 6.54 Å². The lowest BCUT2D eigenvalue weighted by Gasteiger charge is -2.08. The summed E-state index contributed by atoms with van der Waals surface area (Å²) in [4.78, 5) is 4.08. The fourth-order valence-electron chi connectivity index (χ4n) is 1.34. The molecule has 0 bridgehead atoms. The summed E-state index contributed by atoms with van der Waals surface area (Å²) in [5, 5.41) is 1.15. The van der Waals surface area contributed by atoms with Gasteiger partial charge in [0.15, 0.2) is 0 Å². The lowest BCUT2D eigenvalue weighted by Crippen LogP contribution is -1.99. The third-order valence-electron chi connectivity index (χ3n) is 2.24. The average molecular weight is 348 g/mol. The van der Waals surface area contributed by atoms with Crippen molar-refractivity contribution in [1.29, 1.82) is 0 Å². The first-order valence-corrected chi connectivity index (χ1v) is 6.62. The largest absolute Gasteiger partial charge is 0.438 e. The lowest BCUT2D eigenvalue weighted by atomic mass is 10.2. The molecule has 0 fully saturated rings. The van der Waals surface area contributed by atoms with Gasteiger partial charge in [0, 0.05) is 23.8 Å². The summed E-state index contributed by atoms with van der Waals surface area (Å²) in [6, 6.07) is 6.95. The van der Waals surface area contributed by atoms with Crippen LogP contribution in [0, 0.1) is 0 Å². The summed E-state index contributed by atoms with van der Waals surface area (Å²) in [5.41, 5.74) is 6.35. The molecule has 0 aliphatic carbocycles. The van der Waals surface area contributed by atoms with E-state index < -0.39 is 0 Å². The molecular formula is C12H9BrCl2N2O. The van der Waals surface area contributed by atoms with Gasteiger partial charge >= 0.3 is 0 Å². The van der Waals surface area contributed by atoms with Crippen LogP contribution in [-0.2, 0) is 6.54 Å². The van der Waals surface area contributed by atoms with Crippen molar-refractivity contribution in [3.63, 3.8) is 0 Å². The first-order chi connectivity index (χ1) is 8.60. The molecular weight excluding hydrogens is 339 g/mol. The second-order valence-electron chi connectivity index (χ2n) is 3.49. The summed E-state index contributed by atoms with van der Waals surface area (Å²) >= 11 is 15.1. The van der Waals surface area contributed by atoms with E-state index in [1.807, 2.05) is 0 Å². The SMILES string of the molecule is NCc1cc(Oc2ccc(Cl)cc2Br)ncc1Cl. The Hall–Kier alpha value is -0.810. The normalized spacial score (nSPS) is 10.4. The summed E-state index contributed by atoms with van der Waals surface area (Å²) in [6.45, 7) is 0.333. The van der Waals surface area contributed by atoms with Gasteiger partial charge in [-0.1, -0.05) is 23.2 Å². The van der Waals surface area contributed by atoms with Gasteiger partial charge in [-0.3, -0.25) is 0 Å². The minimum absolute atomic E-state index is 0.333. The van der Waals surface area contributed by atoms with Gasteiger partial charge in [-0.2, -0.15) is 0 Å². The fraction of sp³-hybridized carbons (Fsp3) is 0.0833. The second-order valence-corrected chi connectivity index (χ2v) is 5.19. The van der Waals surface area contributed by atoms with E-state index in [1.54, 1.807) is 24.3 Å². The van der Waals surface area contributed by atoms with Crippen molar-refractivity contribution in [2.75, 3.05) is 0 Å². The minimum Gasteiger partial charge on any atom is -0.438 e. The highest BCUT2D eigenvalue weighted by Crippen LogP contribution is 2.32. The molecule has 94 valence electrons. The first-order valence-electron chi connectivity index (χ1n) is 5.07. The van der Waals surface area contributed by atoms with E-state index in [2.05, 4.69) is 20.9 Å². The molecule has 0 saturated heterocycles. The maximum Gasteiger partial charge on any atom is 0.219 e. The molecule has 2 aromatic rings. The zero-order valence-corrected chi connectivity index (χ0v) is 12.3. The Balaban J connectivity index is 2.28. The second kappa shape index (κ2) is 5.89. The third-order valence-corrected chi connectivity index (χ3v) is 3.43. The molecule has 1 aromatic heterocycles.